The van der Waals surface area contributed by atoms with E-state index in [1.54, 1.807) is 42.5 Å². The number of carboxylic acid groups (broad SMARTS) is 1. The van der Waals surface area contributed by atoms with Gasteiger partial charge in [-0.2, -0.15) is 0 Å². The highest BCUT2D eigenvalue weighted by molar-refractivity contribution is 6.34. The van der Waals surface area contributed by atoms with Gasteiger partial charge in [0.05, 0.1) is 11.4 Å². The number of rotatable bonds is 4. The molecule has 2 heterocycles. The highest BCUT2D eigenvalue weighted by Crippen LogP contribution is 2.40. The van der Waals surface area contributed by atoms with Gasteiger partial charge in [-0.05, 0) is 35.4 Å². The summed E-state index contributed by atoms with van der Waals surface area (Å²) in [6, 6.07) is 10.1. The first-order chi connectivity index (χ1) is 14.0. The molecule has 1 N–H and O–H groups in total. The van der Waals surface area contributed by atoms with E-state index in [-0.39, 0.29) is 18.5 Å². The normalized spacial score (nSPS) is 16.7. The molecule has 2 amide bonds. The number of benzene rings is 2. The van der Waals surface area contributed by atoms with Crippen molar-refractivity contribution in [3.8, 4) is 11.5 Å². The molecular formula is C21H16ClNO6. The van der Waals surface area contributed by atoms with Gasteiger partial charge in [0, 0.05) is 17.7 Å². The van der Waals surface area contributed by atoms with Crippen LogP contribution in [-0.4, -0.2) is 47.5 Å². The van der Waals surface area contributed by atoms with Crippen LogP contribution in [0, 0.1) is 0 Å². The Morgan fingerprint density at radius 1 is 1.10 bits per heavy atom. The molecule has 0 aromatic heterocycles. The average molecular weight is 414 g/mol. The van der Waals surface area contributed by atoms with Crippen molar-refractivity contribution in [2.75, 3.05) is 19.8 Å². The maximum Gasteiger partial charge on any atom is 0.305 e. The minimum Gasteiger partial charge on any atom is -0.486 e. The van der Waals surface area contributed by atoms with Gasteiger partial charge in [0.1, 0.15) is 13.2 Å². The molecule has 0 atom stereocenters. The fraction of sp³-hybridized carbons (Fsp3) is 0.190. The number of fused-ring (bicyclic) bond motifs is 2. The zero-order valence-corrected chi connectivity index (χ0v) is 15.9. The first-order valence-electron chi connectivity index (χ1n) is 8.94. The van der Waals surface area contributed by atoms with E-state index in [2.05, 4.69) is 0 Å². The smallest absolute Gasteiger partial charge is 0.305 e. The minimum atomic E-state index is -1.09. The zero-order valence-electron chi connectivity index (χ0n) is 15.2. The summed E-state index contributed by atoms with van der Waals surface area (Å²) in [5, 5.41) is 9.30. The number of aliphatic carboxylic acids is 1. The van der Waals surface area contributed by atoms with Crippen LogP contribution in [0.25, 0.3) is 11.6 Å². The van der Waals surface area contributed by atoms with E-state index in [1.165, 1.54) is 0 Å². The van der Waals surface area contributed by atoms with Crippen molar-refractivity contribution >= 4 is 41.0 Å². The number of imide groups is 1. The van der Waals surface area contributed by atoms with Crippen molar-refractivity contribution in [3.05, 3.63) is 58.1 Å². The fourth-order valence-electron chi connectivity index (χ4n) is 3.33. The number of hydrogen-bond acceptors (Lipinski definition) is 5. The van der Waals surface area contributed by atoms with Gasteiger partial charge >= 0.3 is 5.97 Å². The van der Waals surface area contributed by atoms with Crippen LogP contribution in [0.15, 0.2) is 36.4 Å². The van der Waals surface area contributed by atoms with Crippen LogP contribution in [0.2, 0.25) is 5.02 Å². The van der Waals surface area contributed by atoms with Gasteiger partial charge < -0.3 is 14.6 Å². The Bertz CT molecular complexity index is 1060. The highest BCUT2D eigenvalue weighted by atomic mass is 35.5. The second-order valence-corrected chi connectivity index (χ2v) is 6.94. The Labute approximate surface area is 171 Å². The second-order valence-electron chi connectivity index (χ2n) is 6.54. The number of halogens is 1. The minimum absolute atomic E-state index is 0.208. The molecule has 4 rings (SSSR count). The lowest BCUT2D eigenvalue weighted by atomic mass is 9.92. The molecular weight excluding hydrogens is 398 g/mol. The van der Waals surface area contributed by atoms with E-state index in [1.807, 2.05) is 0 Å². The van der Waals surface area contributed by atoms with Crippen LogP contribution in [0.1, 0.15) is 27.9 Å². The molecule has 2 aromatic carbocycles. The molecule has 2 aromatic rings. The largest absolute Gasteiger partial charge is 0.486 e. The fourth-order valence-corrected chi connectivity index (χ4v) is 3.61. The third-order valence-electron chi connectivity index (χ3n) is 4.65. The van der Waals surface area contributed by atoms with Crippen LogP contribution >= 0.6 is 11.6 Å². The summed E-state index contributed by atoms with van der Waals surface area (Å²) in [5.74, 6) is -1.22. The van der Waals surface area contributed by atoms with Crippen LogP contribution in [-0.2, 0) is 9.59 Å². The molecule has 148 valence electrons. The topological polar surface area (TPSA) is 93.1 Å². The molecule has 29 heavy (non-hydrogen) atoms. The summed E-state index contributed by atoms with van der Waals surface area (Å²) < 4.78 is 11.1. The summed E-state index contributed by atoms with van der Waals surface area (Å²) >= 11 is 6.29. The van der Waals surface area contributed by atoms with Gasteiger partial charge in [-0.15, -0.1) is 0 Å². The number of carbonyl (C=O) groups excluding carboxylic acids is 2. The van der Waals surface area contributed by atoms with E-state index in [0.29, 0.717) is 46.4 Å². The molecule has 0 unspecified atom stereocenters. The van der Waals surface area contributed by atoms with E-state index < -0.39 is 17.8 Å². The summed E-state index contributed by atoms with van der Waals surface area (Å²) in [5.41, 5.74) is 1.70. The standard InChI is InChI=1S/C21H16ClNO6/c22-16-10-12(11-17-19(16)29-8-7-28-17)9-15-13-3-1-2-4-14(13)20(26)23(21(15)27)6-5-18(24)25/h1-4,9-11H,5-8H2,(H,24,25)/b15-9-. The summed E-state index contributed by atoms with van der Waals surface area (Å²) in [6.07, 6.45) is 1.29. The predicted molar refractivity (Wildman–Crippen MR) is 105 cm³/mol. The Hall–Kier alpha value is -3.32. The summed E-state index contributed by atoms with van der Waals surface area (Å²) in [6.45, 7) is 0.586. The molecule has 2 aliphatic heterocycles. The van der Waals surface area contributed by atoms with Crippen molar-refractivity contribution in [2.24, 2.45) is 0 Å². The number of amides is 2. The molecule has 8 heteroatoms. The number of carboxylic acids is 1. The number of carbonyl (C=O) groups is 3. The lowest BCUT2D eigenvalue weighted by molar-refractivity contribution is -0.137. The molecule has 0 bridgehead atoms. The van der Waals surface area contributed by atoms with Crippen molar-refractivity contribution in [2.45, 2.75) is 6.42 Å². The van der Waals surface area contributed by atoms with Crippen molar-refractivity contribution in [1.82, 2.24) is 4.90 Å². The monoisotopic (exact) mass is 413 g/mol. The van der Waals surface area contributed by atoms with Crippen LogP contribution in [0.3, 0.4) is 0 Å². The molecule has 0 saturated heterocycles. The van der Waals surface area contributed by atoms with Crippen molar-refractivity contribution < 1.29 is 29.0 Å². The maximum absolute atomic E-state index is 13.0. The lowest BCUT2D eigenvalue weighted by Gasteiger charge is -2.28. The molecule has 0 radical (unpaired) electrons. The van der Waals surface area contributed by atoms with E-state index in [0.717, 1.165) is 4.90 Å². The van der Waals surface area contributed by atoms with Gasteiger partial charge in [-0.3, -0.25) is 19.3 Å². The SMILES string of the molecule is O=C(O)CCN1C(=O)/C(=C\c2cc(Cl)c3c(c2)OCCO3)c2ccccc2C1=O. The van der Waals surface area contributed by atoms with E-state index >= 15 is 0 Å². The van der Waals surface area contributed by atoms with Gasteiger partial charge in [0.15, 0.2) is 11.5 Å². The Morgan fingerprint density at radius 3 is 2.59 bits per heavy atom. The summed E-state index contributed by atoms with van der Waals surface area (Å²) in [4.78, 5) is 37.7. The Morgan fingerprint density at radius 2 is 1.83 bits per heavy atom. The first kappa shape index (κ1) is 19.0. The first-order valence-corrected chi connectivity index (χ1v) is 9.31. The Balaban J connectivity index is 1.80. The van der Waals surface area contributed by atoms with E-state index in [4.69, 9.17) is 26.2 Å². The van der Waals surface area contributed by atoms with Crippen LogP contribution in [0.4, 0.5) is 0 Å². The lowest BCUT2D eigenvalue weighted by Crippen LogP contribution is -2.42. The van der Waals surface area contributed by atoms with Crippen LogP contribution < -0.4 is 9.47 Å². The van der Waals surface area contributed by atoms with Crippen molar-refractivity contribution in [3.63, 3.8) is 0 Å². The molecule has 0 saturated carbocycles. The highest BCUT2D eigenvalue weighted by Gasteiger charge is 2.34. The zero-order chi connectivity index (χ0) is 20.5. The summed E-state index contributed by atoms with van der Waals surface area (Å²) in [7, 11) is 0. The van der Waals surface area contributed by atoms with Gasteiger partial charge in [-0.1, -0.05) is 29.8 Å². The maximum atomic E-state index is 13.0. The van der Waals surface area contributed by atoms with E-state index in [9.17, 15) is 14.4 Å². The molecule has 2 aliphatic rings. The molecule has 0 aliphatic carbocycles. The van der Waals surface area contributed by atoms with Gasteiger partial charge in [0.25, 0.3) is 11.8 Å². The van der Waals surface area contributed by atoms with Gasteiger partial charge in [0.2, 0.25) is 0 Å². The average Bonchev–Trinajstić information content (AvgIpc) is 2.71. The number of hydrogen-bond donors (Lipinski definition) is 1. The third-order valence-corrected chi connectivity index (χ3v) is 4.93. The molecule has 0 spiro atoms. The van der Waals surface area contributed by atoms with Gasteiger partial charge in [-0.25, -0.2) is 0 Å². The third kappa shape index (κ3) is 3.56. The molecule has 0 fully saturated rings. The Kier molecular flexibility index (Phi) is 4.98. The second kappa shape index (κ2) is 7.60. The quantitative estimate of drug-likeness (QED) is 0.611. The number of nitrogens with zero attached hydrogens (tertiary/aromatic N) is 1. The predicted octanol–water partition coefficient (Wildman–Crippen LogP) is 3.11. The molecule has 7 nitrogen and oxygen atoms in total. The van der Waals surface area contributed by atoms with Crippen molar-refractivity contribution in [1.29, 1.82) is 0 Å². The van der Waals surface area contributed by atoms with Crippen LogP contribution in [0.5, 0.6) is 11.5 Å². The number of ether oxygens (including phenoxy) is 2.